The maximum Gasteiger partial charge on any atom is 0.336 e. The number of para-hydroxylation sites is 1. The van der Waals surface area contributed by atoms with Crippen molar-refractivity contribution in [2.45, 2.75) is 22.8 Å². The number of ether oxygens (including phenoxy) is 1. The molecule has 0 unspecified atom stereocenters. The van der Waals surface area contributed by atoms with Gasteiger partial charge in [0.2, 0.25) is 0 Å². The van der Waals surface area contributed by atoms with Crippen LogP contribution in [0.1, 0.15) is 6.92 Å². The van der Waals surface area contributed by atoms with Gasteiger partial charge in [-0.1, -0.05) is 42.1 Å². The summed E-state index contributed by atoms with van der Waals surface area (Å²) in [5.41, 5.74) is 0.700. The lowest BCUT2D eigenvalue weighted by Crippen LogP contribution is -2.30. The van der Waals surface area contributed by atoms with E-state index in [2.05, 4.69) is 5.32 Å². The van der Waals surface area contributed by atoms with E-state index in [1.807, 2.05) is 54.6 Å². The van der Waals surface area contributed by atoms with Crippen molar-refractivity contribution in [2.75, 3.05) is 5.32 Å². The van der Waals surface area contributed by atoms with Crippen LogP contribution in [-0.2, 0) is 4.79 Å². The van der Waals surface area contributed by atoms with Crippen molar-refractivity contribution in [3.8, 4) is 5.75 Å². The molecule has 0 saturated carbocycles. The summed E-state index contributed by atoms with van der Waals surface area (Å²) in [5, 5.41) is 3.72. The maximum absolute atomic E-state index is 12.7. The first-order chi connectivity index (χ1) is 14.6. The van der Waals surface area contributed by atoms with Crippen LogP contribution in [0.2, 0.25) is 0 Å². The Bertz CT molecular complexity index is 1240. The maximum atomic E-state index is 12.7. The van der Waals surface area contributed by atoms with Gasteiger partial charge in [-0.2, -0.15) is 0 Å². The predicted molar refractivity (Wildman–Crippen MR) is 118 cm³/mol. The molecule has 0 aliphatic heterocycles. The third-order valence-corrected chi connectivity index (χ3v) is 5.48. The molecule has 5 nitrogen and oxygen atoms in total. The molecule has 30 heavy (non-hydrogen) atoms. The van der Waals surface area contributed by atoms with Gasteiger partial charge in [-0.25, -0.2) is 4.79 Å². The zero-order valence-corrected chi connectivity index (χ0v) is 17.0. The molecule has 1 aromatic heterocycles. The molecule has 3 aromatic carbocycles. The second-order valence-electron chi connectivity index (χ2n) is 6.61. The molecule has 1 N–H and O–H groups in total. The summed E-state index contributed by atoms with van der Waals surface area (Å²) in [7, 11) is 0. The molecule has 0 aliphatic rings. The number of hydrogen-bond donors (Lipinski definition) is 1. The fourth-order valence-electron chi connectivity index (χ4n) is 2.88. The van der Waals surface area contributed by atoms with Gasteiger partial charge in [-0.15, -0.1) is 0 Å². The van der Waals surface area contributed by atoms with Crippen molar-refractivity contribution < 1.29 is 13.9 Å². The Morgan fingerprint density at radius 1 is 0.967 bits per heavy atom. The molecule has 4 rings (SSSR count). The molecule has 0 saturated heterocycles. The van der Waals surface area contributed by atoms with Crippen LogP contribution in [0.15, 0.2) is 104 Å². The summed E-state index contributed by atoms with van der Waals surface area (Å²) in [4.78, 5) is 26.2. The summed E-state index contributed by atoms with van der Waals surface area (Å²) in [5.74, 6) is 0.178. The quantitative estimate of drug-likeness (QED) is 0.428. The lowest BCUT2D eigenvalue weighted by molar-refractivity contribution is -0.122. The van der Waals surface area contributed by atoms with Crippen LogP contribution in [-0.4, -0.2) is 12.0 Å². The zero-order valence-electron chi connectivity index (χ0n) is 16.2. The fourth-order valence-corrected chi connectivity index (χ4v) is 3.80. The minimum absolute atomic E-state index is 0.272. The number of fused-ring (bicyclic) bond motifs is 1. The normalized spacial score (nSPS) is 11.8. The molecule has 1 atom stereocenters. The summed E-state index contributed by atoms with van der Waals surface area (Å²) >= 11 is 1.58. The van der Waals surface area contributed by atoms with Gasteiger partial charge in [0.15, 0.2) is 6.10 Å². The minimum Gasteiger partial charge on any atom is -0.481 e. The highest BCUT2D eigenvalue weighted by atomic mass is 32.2. The minimum atomic E-state index is -0.743. The molecular weight excluding hydrogens is 398 g/mol. The Balaban J connectivity index is 1.47. The van der Waals surface area contributed by atoms with Crippen molar-refractivity contribution in [3.63, 3.8) is 0 Å². The van der Waals surface area contributed by atoms with Crippen molar-refractivity contribution in [2.24, 2.45) is 0 Å². The SMILES string of the molecule is C[C@H](Oc1ccc2ccc(=O)oc2c1)C(=O)Nc1ccccc1Sc1ccccc1. The van der Waals surface area contributed by atoms with Gasteiger partial charge < -0.3 is 14.5 Å². The van der Waals surface area contributed by atoms with E-state index in [-0.39, 0.29) is 5.91 Å². The standard InChI is InChI=1S/C24H19NO4S/c1-16(28-18-13-11-17-12-14-23(26)29-21(17)15-18)24(27)25-20-9-5-6-10-22(20)30-19-7-3-2-4-8-19/h2-16H,1H3,(H,25,27)/t16-/m0/s1. The fraction of sp³-hybridized carbons (Fsp3) is 0.0833. The van der Waals surface area contributed by atoms with E-state index in [0.717, 1.165) is 20.9 Å². The third kappa shape index (κ3) is 4.72. The molecular formula is C24H19NO4S. The van der Waals surface area contributed by atoms with Crippen LogP contribution < -0.4 is 15.7 Å². The van der Waals surface area contributed by atoms with Gasteiger partial charge in [0.05, 0.1) is 5.69 Å². The lowest BCUT2D eigenvalue weighted by atomic mass is 10.2. The van der Waals surface area contributed by atoms with E-state index < -0.39 is 11.7 Å². The first-order valence-corrected chi connectivity index (χ1v) is 10.2. The second kappa shape index (κ2) is 8.88. The Kier molecular flexibility index (Phi) is 5.86. The molecule has 1 heterocycles. The van der Waals surface area contributed by atoms with E-state index in [0.29, 0.717) is 11.3 Å². The van der Waals surface area contributed by atoms with Gasteiger partial charge in [-0.05, 0) is 49.4 Å². The Hall–Kier alpha value is -3.51. The summed E-state index contributed by atoms with van der Waals surface area (Å²) in [6, 6.07) is 25.8. The molecule has 0 bridgehead atoms. The highest BCUT2D eigenvalue weighted by Crippen LogP contribution is 2.33. The molecule has 4 aromatic rings. The van der Waals surface area contributed by atoms with Gasteiger partial charge in [0.25, 0.3) is 5.91 Å². The van der Waals surface area contributed by atoms with Crippen molar-refractivity contribution in [1.82, 2.24) is 0 Å². The van der Waals surface area contributed by atoms with E-state index in [1.54, 1.807) is 43.0 Å². The van der Waals surface area contributed by atoms with Crippen molar-refractivity contribution in [3.05, 3.63) is 95.3 Å². The molecule has 1 amide bonds. The molecule has 0 spiro atoms. The van der Waals surface area contributed by atoms with Crippen LogP contribution in [0.25, 0.3) is 11.0 Å². The Labute approximate surface area is 177 Å². The number of rotatable bonds is 6. The van der Waals surface area contributed by atoms with Gasteiger partial charge in [-0.3, -0.25) is 4.79 Å². The van der Waals surface area contributed by atoms with Gasteiger partial charge in [0, 0.05) is 27.3 Å². The zero-order chi connectivity index (χ0) is 20.9. The third-order valence-electron chi connectivity index (χ3n) is 4.39. The second-order valence-corrected chi connectivity index (χ2v) is 7.73. The van der Waals surface area contributed by atoms with Crippen LogP contribution >= 0.6 is 11.8 Å². The van der Waals surface area contributed by atoms with E-state index in [4.69, 9.17) is 9.15 Å². The number of carbonyl (C=O) groups excluding carboxylic acids is 1. The summed E-state index contributed by atoms with van der Waals surface area (Å²) in [6.07, 6.45) is -0.743. The Morgan fingerprint density at radius 3 is 2.53 bits per heavy atom. The molecule has 150 valence electrons. The van der Waals surface area contributed by atoms with Crippen LogP contribution in [0.4, 0.5) is 5.69 Å². The van der Waals surface area contributed by atoms with Crippen molar-refractivity contribution in [1.29, 1.82) is 0 Å². The number of amides is 1. The molecule has 6 heteroatoms. The average molecular weight is 417 g/mol. The predicted octanol–water partition coefficient (Wildman–Crippen LogP) is 5.35. The van der Waals surface area contributed by atoms with Crippen LogP contribution in [0.3, 0.4) is 0 Å². The monoisotopic (exact) mass is 417 g/mol. The molecule has 0 radical (unpaired) electrons. The average Bonchev–Trinajstić information content (AvgIpc) is 2.75. The Morgan fingerprint density at radius 2 is 1.70 bits per heavy atom. The topological polar surface area (TPSA) is 68.5 Å². The van der Waals surface area contributed by atoms with Gasteiger partial charge in [0.1, 0.15) is 11.3 Å². The number of anilines is 1. The highest BCUT2D eigenvalue weighted by molar-refractivity contribution is 7.99. The van der Waals surface area contributed by atoms with Crippen LogP contribution in [0.5, 0.6) is 5.75 Å². The molecule has 0 fully saturated rings. The summed E-state index contributed by atoms with van der Waals surface area (Å²) in [6.45, 7) is 1.67. The highest BCUT2D eigenvalue weighted by Gasteiger charge is 2.17. The van der Waals surface area contributed by atoms with E-state index in [9.17, 15) is 9.59 Å². The number of hydrogen-bond acceptors (Lipinski definition) is 5. The van der Waals surface area contributed by atoms with E-state index in [1.165, 1.54) is 6.07 Å². The molecule has 0 aliphatic carbocycles. The summed E-state index contributed by atoms with van der Waals surface area (Å²) < 4.78 is 10.9. The number of benzene rings is 3. The van der Waals surface area contributed by atoms with Crippen LogP contribution in [0, 0.1) is 0 Å². The first-order valence-electron chi connectivity index (χ1n) is 9.42. The number of nitrogens with one attached hydrogen (secondary N) is 1. The van der Waals surface area contributed by atoms with Gasteiger partial charge >= 0.3 is 5.63 Å². The largest absolute Gasteiger partial charge is 0.481 e. The lowest BCUT2D eigenvalue weighted by Gasteiger charge is -2.16. The number of carbonyl (C=O) groups is 1. The van der Waals surface area contributed by atoms with E-state index >= 15 is 0 Å². The van der Waals surface area contributed by atoms with Crippen molar-refractivity contribution >= 4 is 34.3 Å². The smallest absolute Gasteiger partial charge is 0.336 e. The first kappa shape index (κ1) is 19.8.